The summed E-state index contributed by atoms with van der Waals surface area (Å²) in [5.41, 5.74) is 8.70. The van der Waals surface area contributed by atoms with Gasteiger partial charge in [-0.05, 0) is 5.56 Å². The summed E-state index contributed by atoms with van der Waals surface area (Å²) < 4.78 is 4.81. The van der Waals surface area contributed by atoms with Gasteiger partial charge in [0.2, 0.25) is 5.95 Å². The number of aromatic nitrogens is 2. The van der Waals surface area contributed by atoms with Crippen LogP contribution in [0.3, 0.4) is 0 Å². The van der Waals surface area contributed by atoms with E-state index in [-0.39, 0.29) is 5.95 Å². The lowest BCUT2D eigenvalue weighted by atomic mass is 10.1. The minimum absolute atomic E-state index is 0.0321. The predicted molar refractivity (Wildman–Crippen MR) is 79.1 cm³/mol. The van der Waals surface area contributed by atoms with Gasteiger partial charge in [-0.1, -0.05) is 30.3 Å². The molecule has 6 N–H and O–H groups in total. The summed E-state index contributed by atoms with van der Waals surface area (Å²) in [6.45, 7) is 0. The molecule has 0 aliphatic carbocycles. The summed E-state index contributed by atoms with van der Waals surface area (Å²) in [4.78, 5) is 19.8. The Labute approximate surface area is 121 Å². The van der Waals surface area contributed by atoms with Crippen molar-refractivity contribution in [2.75, 3.05) is 23.6 Å². The first kappa shape index (κ1) is 14.5. The predicted octanol–water partition coefficient (Wildman–Crippen LogP) is 0.671. The van der Waals surface area contributed by atoms with Gasteiger partial charge in [0, 0.05) is 6.07 Å². The van der Waals surface area contributed by atoms with Crippen LogP contribution in [0.1, 0.15) is 11.6 Å². The van der Waals surface area contributed by atoms with Crippen LogP contribution in [0.25, 0.3) is 0 Å². The molecule has 0 fully saturated rings. The smallest absolute Gasteiger partial charge is 0.333 e. The molecule has 0 saturated heterocycles. The zero-order valence-corrected chi connectivity index (χ0v) is 11.4. The van der Waals surface area contributed by atoms with Gasteiger partial charge in [-0.2, -0.15) is 9.97 Å². The summed E-state index contributed by atoms with van der Waals surface area (Å²) in [6.07, 6.45) is 0. The summed E-state index contributed by atoms with van der Waals surface area (Å²) in [5.74, 6) is 5.58. The SMILES string of the molecule is COC(=O)C(Nc1cc(NN)nc(N)n1)c1ccccc1. The Kier molecular flexibility index (Phi) is 4.52. The largest absolute Gasteiger partial charge is 0.467 e. The third-order valence-corrected chi connectivity index (χ3v) is 2.75. The lowest BCUT2D eigenvalue weighted by molar-refractivity contribution is -0.141. The number of hydrazine groups is 1. The maximum Gasteiger partial charge on any atom is 0.333 e. The number of anilines is 3. The van der Waals surface area contributed by atoms with Crippen LogP contribution in [-0.4, -0.2) is 23.0 Å². The Morgan fingerprint density at radius 3 is 2.52 bits per heavy atom. The molecule has 1 heterocycles. The van der Waals surface area contributed by atoms with Gasteiger partial charge < -0.3 is 21.2 Å². The third-order valence-electron chi connectivity index (χ3n) is 2.75. The lowest BCUT2D eigenvalue weighted by Crippen LogP contribution is -2.23. The summed E-state index contributed by atoms with van der Waals surface area (Å²) in [7, 11) is 1.32. The van der Waals surface area contributed by atoms with Crippen molar-refractivity contribution >= 4 is 23.6 Å². The molecular formula is C13H16N6O2. The Balaban J connectivity index is 2.31. The molecule has 0 bridgehead atoms. The number of nitrogens with zero attached hydrogens (tertiary/aromatic N) is 2. The number of nitrogens with two attached hydrogens (primary N) is 2. The number of nitrogens with one attached hydrogen (secondary N) is 2. The summed E-state index contributed by atoms with van der Waals surface area (Å²) >= 11 is 0. The van der Waals surface area contributed by atoms with Crippen LogP contribution < -0.4 is 22.3 Å². The first-order valence-electron chi connectivity index (χ1n) is 6.14. The molecule has 0 spiro atoms. The molecule has 1 aromatic heterocycles. The van der Waals surface area contributed by atoms with E-state index in [2.05, 4.69) is 20.7 Å². The molecule has 0 aliphatic heterocycles. The number of carbonyl (C=O) groups excluding carboxylic acids is 1. The fourth-order valence-electron chi connectivity index (χ4n) is 1.80. The fourth-order valence-corrected chi connectivity index (χ4v) is 1.80. The van der Waals surface area contributed by atoms with Crippen molar-refractivity contribution in [2.24, 2.45) is 5.84 Å². The van der Waals surface area contributed by atoms with Crippen LogP contribution in [0, 0.1) is 0 Å². The van der Waals surface area contributed by atoms with Gasteiger partial charge in [0.05, 0.1) is 7.11 Å². The summed E-state index contributed by atoms with van der Waals surface area (Å²) in [5, 5.41) is 2.96. The molecule has 2 rings (SSSR count). The topological polar surface area (TPSA) is 128 Å². The average molecular weight is 288 g/mol. The molecule has 1 aromatic carbocycles. The number of carbonyl (C=O) groups is 1. The molecule has 0 amide bonds. The molecular weight excluding hydrogens is 272 g/mol. The van der Waals surface area contributed by atoms with Crippen LogP contribution in [0.4, 0.5) is 17.6 Å². The maximum absolute atomic E-state index is 12.0. The lowest BCUT2D eigenvalue weighted by Gasteiger charge is -2.17. The molecule has 0 aliphatic rings. The van der Waals surface area contributed by atoms with Gasteiger partial charge in [-0.15, -0.1) is 0 Å². The Morgan fingerprint density at radius 1 is 1.24 bits per heavy atom. The summed E-state index contributed by atoms with van der Waals surface area (Å²) in [6, 6.07) is 9.95. The van der Waals surface area contributed by atoms with E-state index in [1.807, 2.05) is 18.2 Å². The number of ether oxygens (including phenoxy) is 1. The minimum atomic E-state index is -0.712. The Hall–Kier alpha value is -2.87. The second-order valence-electron chi connectivity index (χ2n) is 4.15. The second-order valence-corrected chi connectivity index (χ2v) is 4.15. The third kappa shape index (κ3) is 3.57. The van der Waals surface area contributed by atoms with Crippen LogP contribution in [-0.2, 0) is 9.53 Å². The van der Waals surface area contributed by atoms with Crippen LogP contribution in [0.5, 0.6) is 0 Å². The molecule has 8 nitrogen and oxygen atoms in total. The highest BCUT2D eigenvalue weighted by Crippen LogP contribution is 2.21. The van der Waals surface area contributed by atoms with Crippen molar-refractivity contribution in [3.63, 3.8) is 0 Å². The van der Waals surface area contributed by atoms with Crippen molar-refractivity contribution in [1.82, 2.24) is 9.97 Å². The number of esters is 1. The zero-order chi connectivity index (χ0) is 15.2. The number of hydrogen-bond acceptors (Lipinski definition) is 8. The van der Waals surface area contributed by atoms with E-state index in [1.165, 1.54) is 13.2 Å². The number of benzene rings is 1. The van der Waals surface area contributed by atoms with Crippen LogP contribution in [0.2, 0.25) is 0 Å². The van der Waals surface area contributed by atoms with Crippen molar-refractivity contribution in [3.8, 4) is 0 Å². The molecule has 0 saturated carbocycles. The van der Waals surface area contributed by atoms with Crippen molar-refractivity contribution < 1.29 is 9.53 Å². The molecule has 21 heavy (non-hydrogen) atoms. The van der Waals surface area contributed by atoms with Gasteiger partial charge in [-0.3, -0.25) is 0 Å². The van der Waals surface area contributed by atoms with E-state index < -0.39 is 12.0 Å². The molecule has 1 atom stereocenters. The van der Waals surface area contributed by atoms with Crippen molar-refractivity contribution in [3.05, 3.63) is 42.0 Å². The van der Waals surface area contributed by atoms with E-state index in [1.54, 1.807) is 12.1 Å². The monoisotopic (exact) mass is 288 g/mol. The van der Waals surface area contributed by atoms with E-state index >= 15 is 0 Å². The van der Waals surface area contributed by atoms with Gasteiger partial charge in [0.15, 0.2) is 6.04 Å². The van der Waals surface area contributed by atoms with E-state index in [0.29, 0.717) is 11.6 Å². The van der Waals surface area contributed by atoms with E-state index in [4.69, 9.17) is 16.3 Å². The maximum atomic E-state index is 12.0. The number of nitrogen functional groups attached to an aromatic ring is 2. The first-order valence-corrected chi connectivity index (χ1v) is 6.14. The quantitative estimate of drug-likeness (QED) is 0.359. The fraction of sp³-hybridized carbons (Fsp3) is 0.154. The molecule has 1 unspecified atom stereocenters. The number of hydrogen-bond donors (Lipinski definition) is 4. The van der Waals surface area contributed by atoms with Gasteiger partial charge >= 0.3 is 5.97 Å². The van der Waals surface area contributed by atoms with Gasteiger partial charge in [0.25, 0.3) is 0 Å². The van der Waals surface area contributed by atoms with Gasteiger partial charge in [0.1, 0.15) is 11.6 Å². The standard InChI is InChI=1S/C13H16N6O2/c1-21-12(20)11(8-5-3-2-4-6-8)16-9-7-10(19-15)18-13(14)17-9/h2-7,11H,15H2,1H3,(H4,14,16,17,18,19). The molecule has 8 heteroatoms. The van der Waals surface area contributed by atoms with Gasteiger partial charge in [-0.25, -0.2) is 10.6 Å². The number of methoxy groups -OCH3 is 1. The van der Waals surface area contributed by atoms with Crippen molar-refractivity contribution in [2.45, 2.75) is 6.04 Å². The second kappa shape index (κ2) is 6.53. The average Bonchev–Trinajstić information content (AvgIpc) is 2.52. The Morgan fingerprint density at radius 2 is 1.90 bits per heavy atom. The normalized spacial score (nSPS) is 11.5. The minimum Gasteiger partial charge on any atom is -0.467 e. The highest BCUT2D eigenvalue weighted by Gasteiger charge is 2.21. The highest BCUT2D eigenvalue weighted by molar-refractivity contribution is 5.80. The highest BCUT2D eigenvalue weighted by atomic mass is 16.5. The van der Waals surface area contributed by atoms with E-state index in [9.17, 15) is 4.79 Å². The molecule has 0 radical (unpaired) electrons. The van der Waals surface area contributed by atoms with Crippen molar-refractivity contribution in [1.29, 1.82) is 0 Å². The molecule has 110 valence electrons. The number of rotatable bonds is 5. The molecule has 2 aromatic rings. The zero-order valence-electron chi connectivity index (χ0n) is 11.4. The van der Waals surface area contributed by atoms with E-state index in [0.717, 1.165) is 5.56 Å². The van der Waals surface area contributed by atoms with Crippen LogP contribution >= 0.6 is 0 Å². The Bertz CT molecular complexity index is 619. The first-order chi connectivity index (χ1) is 10.1. The van der Waals surface area contributed by atoms with Crippen LogP contribution in [0.15, 0.2) is 36.4 Å².